The third-order valence-electron chi connectivity index (χ3n) is 1.04. The van der Waals surface area contributed by atoms with Gasteiger partial charge in [-0.15, -0.1) is 0 Å². The summed E-state index contributed by atoms with van der Waals surface area (Å²) < 4.78 is 146. The second-order valence-corrected chi connectivity index (χ2v) is 4.69. The molecule has 20 heteroatoms. The van der Waals surface area contributed by atoms with Crippen LogP contribution < -0.4 is 0 Å². The molecule has 0 radical (unpaired) electrons. The van der Waals surface area contributed by atoms with Crippen LogP contribution in [0.5, 0.6) is 0 Å². The topological polar surface area (TPSA) is 54.4 Å². The zero-order valence-corrected chi connectivity index (χ0v) is 12.1. The van der Waals surface area contributed by atoms with Gasteiger partial charge in [0, 0.05) is 0 Å². The summed E-state index contributed by atoms with van der Waals surface area (Å²) in [7, 11) is -22.0. The van der Waals surface area contributed by atoms with Crippen molar-refractivity contribution in [3.63, 3.8) is 0 Å². The molecule has 0 aliphatic rings. The van der Waals surface area contributed by atoms with Crippen LogP contribution in [0.2, 0.25) is 0 Å². The summed E-state index contributed by atoms with van der Waals surface area (Å²) in [6.07, 6.45) is 0. The molecule has 26 heavy (non-hydrogen) atoms. The SMILES string of the molecule is F[B-](F)(F)F.F[B-](F)(F)F.F[B-](F)(F)F.O=S(=O)(O)c1ccccc1.[LiH]. The zero-order valence-electron chi connectivity index (χ0n) is 11.3. The molecule has 152 valence electrons. The van der Waals surface area contributed by atoms with E-state index in [4.69, 9.17) is 4.55 Å². The molecule has 0 bridgehead atoms. The molecule has 1 aromatic carbocycles. The third-order valence-corrected chi connectivity index (χ3v) is 1.91. The molecule has 0 spiro atoms. The Bertz CT molecular complexity index is 514. The van der Waals surface area contributed by atoms with Gasteiger partial charge in [-0.2, -0.15) is 8.42 Å². The molecule has 0 aliphatic heterocycles. The minimum absolute atomic E-state index is 0. The number of halogens is 12. The standard InChI is InChI=1S/C6H6O3S.3BF4.Li.H/c7-10(8,9)6-4-2-1-3-5-6;3*2-1(3,4)5;;/h1-5H,(H,7,8,9);;;;;/q;3*-1;;. The van der Waals surface area contributed by atoms with Gasteiger partial charge in [0.05, 0.1) is 4.90 Å². The normalized spacial score (nSPS) is 11.3. The molecule has 3 nitrogen and oxygen atoms in total. The average molecular weight is 427 g/mol. The van der Waals surface area contributed by atoms with E-state index in [1.54, 1.807) is 18.2 Å². The molecule has 0 heterocycles. The van der Waals surface area contributed by atoms with Crippen LogP contribution in [0.1, 0.15) is 0 Å². The van der Waals surface area contributed by atoms with Gasteiger partial charge < -0.3 is 51.8 Å². The van der Waals surface area contributed by atoms with Gasteiger partial charge in [-0.3, -0.25) is 4.55 Å². The molecule has 0 saturated heterocycles. The Morgan fingerprint density at radius 1 is 0.615 bits per heavy atom. The van der Waals surface area contributed by atoms with Crippen molar-refractivity contribution in [3.05, 3.63) is 30.3 Å². The molecule has 0 aromatic heterocycles. The molecule has 0 saturated carbocycles. The van der Waals surface area contributed by atoms with E-state index in [0.717, 1.165) is 0 Å². The van der Waals surface area contributed by atoms with Crippen LogP contribution in [0, 0.1) is 0 Å². The number of benzene rings is 1. The van der Waals surface area contributed by atoms with Crippen LogP contribution in [0.25, 0.3) is 0 Å². The number of rotatable bonds is 1. The van der Waals surface area contributed by atoms with E-state index in [0.29, 0.717) is 0 Å². The van der Waals surface area contributed by atoms with Gasteiger partial charge in [0.25, 0.3) is 10.1 Å². The van der Waals surface area contributed by atoms with Crippen LogP contribution in [-0.4, -0.2) is 53.6 Å². The van der Waals surface area contributed by atoms with Gasteiger partial charge >= 0.3 is 40.6 Å². The Hall–Kier alpha value is -0.918. The van der Waals surface area contributed by atoms with Crippen molar-refractivity contribution < 1.29 is 64.8 Å². The maximum atomic E-state index is 10.4. The van der Waals surface area contributed by atoms with E-state index in [-0.39, 0.29) is 23.8 Å². The summed E-state index contributed by atoms with van der Waals surface area (Å²) in [5, 5.41) is 0. The second kappa shape index (κ2) is 13.3. The van der Waals surface area contributed by atoms with Crippen LogP contribution in [0.4, 0.5) is 51.8 Å². The van der Waals surface area contributed by atoms with Gasteiger partial charge in [0.1, 0.15) is 0 Å². The van der Waals surface area contributed by atoms with Crippen LogP contribution >= 0.6 is 0 Å². The summed E-state index contributed by atoms with van der Waals surface area (Å²) in [5.41, 5.74) is 0. The van der Waals surface area contributed by atoms with Crippen molar-refractivity contribution in [2.45, 2.75) is 4.90 Å². The van der Waals surface area contributed by atoms with E-state index in [1.165, 1.54) is 12.1 Å². The molecule has 0 atom stereocenters. The Morgan fingerprint density at radius 2 is 0.808 bits per heavy atom. The van der Waals surface area contributed by atoms with Gasteiger partial charge in [0.15, 0.2) is 0 Å². The summed E-state index contributed by atoms with van der Waals surface area (Å²) in [6, 6.07) is 7.42. The summed E-state index contributed by atoms with van der Waals surface area (Å²) in [5.74, 6) is 0. The van der Waals surface area contributed by atoms with Crippen molar-refractivity contribution in [3.8, 4) is 0 Å². The van der Waals surface area contributed by atoms with Crippen LogP contribution in [0.15, 0.2) is 35.2 Å². The predicted molar refractivity (Wildman–Crippen MR) is 74.0 cm³/mol. The molecule has 0 aliphatic carbocycles. The number of hydrogen-bond acceptors (Lipinski definition) is 2. The second-order valence-electron chi connectivity index (χ2n) is 3.27. The molecule has 1 aromatic rings. The third kappa shape index (κ3) is 65.8. The van der Waals surface area contributed by atoms with Crippen molar-refractivity contribution >= 4 is 50.7 Å². The maximum absolute atomic E-state index is 10.4. The van der Waals surface area contributed by atoms with Crippen molar-refractivity contribution in [1.82, 2.24) is 0 Å². The predicted octanol–water partition coefficient (Wildman–Crippen LogP) is 4.18. The summed E-state index contributed by atoms with van der Waals surface area (Å²) in [4.78, 5) is -0.0741. The van der Waals surface area contributed by atoms with E-state index < -0.39 is 31.9 Å². The Kier molecular flexibility index (Phi) is 16.7. The van der Waals surface area contributed by atoms with Gasteiger partial charge in [-0.05, 0) is 12.1 Å². The van der Waals surface area contributed by atoms with Crippen molar-refractivity contribution in [2.24, 2.45) is 0 Å². The monoisotopic (exact) mass is 427 g/mol. The first-order valence-electron chi connectivity index (χ1n) is 5.25. The molecular formula is C6H7B3F12LiO3S-3. The van der Waals surface area contributed by atoms with Crippen LogP contribution in [-0.2, 0) is 10.1 Å². The summed E-state index contributed by atoms with van der Waals surface area (Å²) in [6.45, 7) is 0. The molecule has 0 fully saturated rings. The van der Waals surface area contributed by atoms with E-state index in [2.05, 4.69) is 0 Å². The van der Waals surface area contributed by atoms with E-state index in [1.807, 2.05) is 0 Å². The summed E-state index contributed by atoms with van der Waals surface area (Å²) >= 11 is 0. The van der Waals surface area contributed by atoms with Gasteiger partial charge in [0.2, 0.25) is 0 Å². The molecule has 0 unspecified atom stereocenters. The fourth-order valence-corrected chi connectivity index (χ4v) is 1.09. The first-order chi connectivity index (χ1) is 10.6. The Balaban J connectivity index is -0.000000132. The minimum atomic E-state index is -6.00. The van der Waals surface area contributed by atoms with Gasteiger partial charge in [-0.1, -0.05) is 18.2 Å². The molecular weight excluding hydrogens is 419 g/mol. The molecule has 1 N–H and O–H groups in total. The fraction of sp³-hybridized carbons (Fsp3) is 0. The average Bonchev–Trinajstić information content (AvgIpc) is 2.22. The van der Waals surface area contributed by atoms with E-state index in [9.17, 15) is 60.2 Å². The number of hydrogen-bond donors (Lipinski definition) is 1. The van der Waals surface area contributed by atoms with Gasteiger partial charge in [-0.25, -0.2) is 0 Å². The van der Waals surface area contributed by atoms with Crippen molar-refractivity contribution in [2.75, 3.05) is 0 Å². The molecule has 0 amide bonds. The van der Waals surface area contributed by atoms with E-state index >= 15 is 0 Å². The quantitative estimate of drug-likeness (QED) is 0.416. The zero-order chi connectivity index (χ0) is 21.1. The first-order valence-corrected chi connectivity index (χ1v) is 6.69. The van der Waals surface area contributed by atoms with Crippen LogP contribution in [0.3, 0.4) is 0 Å². The Labute approximate surface area is 151 Å². The Morgan fingerprint density at radius 3 is 0.923 bits per heavy atom. The fourth-order valence-electron chi connectivity index (χ4n) is 0.592. The first kappa shape index (κ1) is 32.7. The molecule has 1 rings (SSSR count). The van der Waals surface area contributed by atoms with Crippen molar-refractivity contribution in [1.29, 1.82) is 0 Å².